The lowest BCUT2D eigenvalue weighted by Crippen LogP contribution is -2.34. The minimum Gasteiger partial charge on any atom is -0.354 e. The van der Waals surface area contributed by atoms with Gasteiger partial charge in [0, 0.05) is 24.9 Å². The lowest BCUT2D eigenvalue weighted by Gasteiger charge is -2.20. The van der Waals surface area contributed by atoms with E-state index in [1.54, 1.807) is 51.2 Å². The summed E-state index contributed by atoms with van der Waals surface area (Å²) in [5.74, 6) is -0.386. The van der Waals surface area contributed by atoms with Crippen LogP contribution in [-0.4, -0.2) is 25.9 Å². The van der Waals surface area contributed by atoms with Gasteiger partial charge in [0.15, 0.2) is 9.84 Å². The predicted octanol–water partition coefficient (Wildman–Crippen LogP) is 2.99. The molecule has 0 unspecified atom stereocenters. The van der Waals surface area contributed by atoms with Crippen LogP contribution >= 0.6 is 0 Å². The van der Waals surface area contributed by atoms with Crippen LogP contribution in [0.25, 0.3) is 0 Å². The van der Waals surface area contributed by atoms with Gasteiger partial charge in [-0.05, 0) is 42.7 Å². The Bertz CT molecular complexity index is 846. The summed E-state index contributed by atoms with van der Waals surface area (Å²) in [6.07, 6.45) is 3.13. The number of nitrogens with one attached hydrogen (secondary N) is 1. The Balaban J connectivity index is 2.47. The van der Waals surface area contributed by atoms with E-state index in [1.165, 1.54) is 6.20 Å². The summed E-state index contributed by atoms with van der Waals surface area (Å²) in [5, 5.41) is 1.86. The summed E-state index contributed by atoms with van der Waals surface area (Å²) >= 11 is 0. The van der Waals surface area contributed by atoms with Gasteiger partial charge < -0.3 is 5.32 Å². The quantitative estimate of drug-likeness (QED) is 0.859. The van der Waals surface area contributed by atoms with E-state index in [2.05, 4.69) is 10.3 Å². The molecular weight excluding hydrogens is 336 g/mol. The summed E-state index contributed by atoms with van der Waals surface area (Å²) in [6.45, 7) is 7.19. The molecule has 0 radical (unpaired) electrons. The average molecular weight is 360 g/mol. The Kier molecular flexibility index (Phi) is 5.95. The molecule has 0 saturated carbocycles. The maximum Gasteiger partial charge on any atom is 0.222 e. The zero-order valence-electron chi connectivity index (χ0n) is 15.0. The van der Waals surface area contributed by atoms with E-state index in [1.807, 2.05) is 13.0 Å². The third kappa shape index (κ3) is 4.45. The normalized spacial score (nSPS) is 12.8. The first-order valence-electron chi connectivity index (χ1n) is 8.22. The number of benzene rings is 1. The van der Waals surface area contributed by atoms with E-state index in [0.717, 1.165) is 5.56 Å². The molecule has 1 atom stereocenters. The molecule has 0 aliphatic carbocycles. The fraction of sp³-hybridized carbons (Fsp3) is 0.368. The van der Waals surface area contributed by atoms with Gasteiger partial charge in [0.2, 0.25) is 5.91 Å². The molecule has 2 aromatic rings. The number of aromatic nitrogens is 1. The van der Waals surface area contributed by atoms with Crippen molar-refractivity contribution in [1.29, 1.82) is 0 Å². The number of amides is 1. The highest BCUT2D eigenvalue weighted by molar-refractivity contribution is 7.91. The minimum absolute atomic E-state index is 0.0123. The van der Waals surface area contributed by atoms with Gasteiger partial charge >= 0.3 is 0 Å². The first kappa shape index (κ1) is 19.1. The Morgan fingerprint density at radius 3 is 2.52 bits per heavy atom. The fourth-order valence-corrected chi connectivity index (χ4v) is 4.51. The summed E-state index contributed by atoms with van der Waals surface area (Å²) < 4.78 is 26.6. The van der Waals surface area contributed by atoms with E-state index in [4.69, 9.17) is 0 Å². The summed E-state index contributed by atoms with van der Waals surface area (Å²) in [5.41, 5.74) is 2.13. The van der Waals surface area contributed by atoms with Gasteiger partial charge in [-0.1, -0.05) is 32.0 Å². The number of aryl methyl sites for hydroxylation is 2. The Morgan fingerprint density at radius 1 is 1.20 bits per heavy atom. The lowest BCUT2D eigenvalue weighted by molar-refractivity contribution is -0.123. The Hall–Kier alpha value is -2.21. The molecular formula is C19H24N2O3S. The molecule has 1 aromatic heterocycles. The molecule has 1 N–H and O–H groups in total. The van der Waals surface area contributed by atoms with Crippen molar-refractivity contribution in [3.63, 3.8) is 0 Å². The highest BCUT2D eigenvalue weighted by atomic mass is 32.2. The van der Waals surface area contributed by atoms with Crippen molar-refractivity contribution in [3.8, 4) is 0 Å². The number of hydrogen-bond acceptors (Lipinski definition) is 4. The summed E-state index contributed by atoms with van der Waals surface area (Å²) in [6, 6.07) is 8.79. The monoisotopic (exact) mass is 360 g/mol. The van der Waals surface area contributed by atoms with Crippen LogP contribution in [-0.2, 0) is 14.6 Å². The molecule has 0 fully saturated rings. The fourth-order valence-electron chi connectivity index (χ4n) is 2.54. The molecule has 1 aromatic carbocycles. The zero-order chi connectivity index (χ0) is 18.6. The molecule has 134 valence electrons. The number of carbonyl (C=O) groups excluding carboxylic acids is 1. The van der Waals surface area contributed by atoms with Crippen molar-refractivity contribution in [2.45, 2.75) is 37.8 Å². The molecule has 0 aliphatic heterocycles. The van der Waals surface area contributed by atoms with E-state index in [9.17, 15) is 13.2 Å². The van der Waals surface area contributed by atoms with Gasteiger partial charge in [0.25, 0.3) is 0 Å². The van der Waals surface area contributed by atoms with Crippen LogP contribution in [0.1, 0.15) is 35.8 Å². The van der Waals surface area contributed by atoms with Crippen LogP contribution in [0.3, 0.4) is 0 Å². The van der Waals surface area contributed by atoms with Crippen molar-refractivity contribution in [2.24, 2.45) is 5.92 Å². The SMILES string of the molecule is Cc1ccc(C)c(S(=O)(=O)[C@H](CNC(=O)C(C)C)c2cccnc2)c1. The van der Waals surface area contributed by atoms with Crippen molar-refractivity contribution < 1.29 is 13.2 Å². The number of hydrogen-bond donors (Lipinski definition) is 1. The zero-order valence-corrected chi connectivity index (χ0v) is 15.8. The number of nitrogens with zero attached hydrogens (tertiary/aromatic N) is 1. The van der Waals surface area contributed by atoms with Crippen LogP contribution in [0.5, 0.6) is 0 Å². The third-order valence-corrected chi connectivity index (χ3v) is 6.31. The summed E-state index contributed by atoms with van der Waals surface area (Å²) in [4.78, 5) is 16.3. The molecule has 25 heavy (non-hydrogen) atoms. The first-order valence-corrected chi connectivity index (χ1v) is 9.77. The van der Waals surface area contributed by atoms with Crippen LogP contribution in [0, 0.1) is 19.8 Å². The van der Waals surface area contributed by atoms with E-state index in [0.29, 0.717) is 16.0 Å². The predicted molar refractivity (Wildman–Crippen MR) is 97.9 cm³/mol. The molecule has 0 saturated heterocycles. The number of pyridine rings is 1. The van der Waals surface area contributed by atoms with Gasteiger partial charge in [-0.2, -0.15) is 0 Å². The smallest absolute Gasteiger partial charge is 0.222 e. The molecule has 0 spiro atoms. The van der Waals surface area contributed by atoms with Gasteiger partial charge in [-0.15, -0.1) is 0 Å². The van der Waals surface area contributed by atoms with Crippen LogP contribution in [0.4, 0.5) is 0 Å². The Labute approximate surface area is 149 Å². The molecule has 2 rings (SSSR count). The second-order valence-corrected chi connectivity index (χ2v) is 8.59. The van der Waals surface area contributed by atoms with E-state index >= 15 is 0 Å². The third-order valence-electron chi connectivity index (χ3n) is 4.07. The molecule has 0 bridgehead atoms. The number of rotatable bonds is 6. The molecule has 5 nitrogen and oxygen atoms in total. The second-order valence-electron chi connectivity index (χ2n) is 6.49. The molecule has 1 heterocycles. The highest BCUT2D eigenvalue weighted by Crippen LogP contribution is 2.30. The maximum absolute atomic E-state index is 13.3. The van der Waals surface area contributed by atoms with E-state index < -0.39 is 15.1 Å². The van der Waals surface area contributed by atoms with Crippen molar-refractivity contribution in [3.05, 3.63) is 59.4 Å². The maximum atomic E-state index is 13.3. The largest absolute Gasteiger partial charge is 0.354 e. The van der Waals surface area contributed by atoms with Crippen molar-refractivity contribution in [1.82, 2.24) is 10.3 Å². The standard InChI is InChI=1S/C19H24N2O3S/c1-13(2)19(22)21-12-18(16-6-5-9-20-11-16)25(23,24)17-10-14(3)7-8-15(17)4/h5-11,13,18H,12H2,1-4H3,(H,21,22)/t18-/m1/s1. The van der Waals surface area contributed by atoms with Crippen molar-refractivity contribution >= 4 is 15.7 Å². The van der Waals surface area contributed by atoms with E-state index in [-0.39, 0.29) is 18.4 Å². The van der Waals surface area contributed by atoms with Crippen LogP contribution in [0.15, 0.2) is 47.6 Å². The molecule has 0 aliphatic rings. The molecule has 1 amide bonds. The Morgan fingerprint density at radius 2 is 1.92 bits per heavy atom. The van der Waals surface area contributed by atoms with Gasteiger partial charge in [0.05, 0.1) is 4.90 Å². The number of sulfone groups is 1. The highest BCUT2D eigenvalue weighted by Gasteiger charge is 2.31. The first-order chi connectivity index (χ1) is 11.7. The second kappa shape index (κ2) is 7.78. The average Bonchev–Trinajstić information content (AvgIpc) is 2.57. The topological polar surface area (TPSA) is 76.1 Å². The van der Waals surface area contributed by atoms with Gasteiger partial charge in [0.1, 0.15) is 5.25 Å². The van der Waals surface area contributed by atoms with Gasteiger partial charge in [-0.25, -0.2) is 8.42 Å². The van der Waals surface area contributed by atoms with Crippen molar-refractivity contribution in [2.75, 3.05) is 6.54 Å². The van der Waals surface area contributed by atoms with Crippen LogP contribution in [0.2, 0.25) is 0 Å². The van der Waals surface area contributed by atoms with Crippen LogP contribution < -0.4 is 5.32 Å². The lowest BCUT2D eigenvalue weighted by atomic mass is 10.2. The van der Waals surface area contributed by atoms with Gasteiger partial charge in [-0.3, -0.25) is 9.78 Å². The number of carbonyl (C=O) groups is 1. The molecule has 6 heteroatoms. The summed E-state index contributed by atoms with van der Waals surface area (Å²) in [7, 11) is -3.68. The minimum atomic E-state index is -3.68.